The van der Waals surface area contributed by atoms with Gasteiger partial charge in [0.15, 0.2) is 11.5 Å². The van der Waals surface area contributed by atoms with Crippen LogP contribution >= 0.6 is 0 Å². The molecule has 0 fully saturated rings. The van der Waals surface area contributed by atoms with Gasteiger partial charge in [0.25, 0.3) is 0 Å². The van der Waals surface area contributed by atoms with Crippen molar-refractivity contribution in [2.24, 2.45) is 0 Å². The van der Waals surface area contributed by atoms with Crippen LogP contribution in [0.3, 0.4) is 0 Å². The van der Waals surface area contributed by atoms with Crippen molar-refractivity contribution >= 4 is 5.95 Å². The molecule has 0 aliphatic heterocycles. The van der Waals surface area contributed by atoms with Gasteiger partial charge in [0.05, 0.1) is 13.2 Å². The van der Waals surface area contributed by atoms with Crippen LogP contribution in [0.5, 0.6) is 11.5 Å². The Hall–Kier alpha value is -2.24. The molecule has 0 saturated carbocycles. The number of hydrogen-bond acceptors (Lipinski definition) is 5. The molecular formula is C14H20N4O2. The molecule has 1 aromatic carbocycles. The van der Waals surface area contributed by atoms with E-state index in [1.165, 1.54) is 6.33 Å². The minimum Gasteiger partial charge on any atom is -0.490 e. The van der Waals surface area contributed by atoms with Crippen LogP contribution in [0.1, 0.15) is 25.8 Å². The third kappa shape index (κ3) is 3.88. The number of anilines is 1. The standard InChI is InChI=1S/C14H20N4O2/c1-3-7-20-12-6-5-11(8-13(12)19-4-2)9-15-14-16-10-17-18-14/h5-6,8,10H,3-4,7,9H2,1-2H3,(H2,15,16,17,18). The average molecular weight is 276 g/mol. The van der Waals surface area contributed by atoms with Crippen molar-refractivity contribution in [1.29, 1.82) is 0 Å². The summed E-state index contributed by atoms with van der Waals surface area (Å²) < 4.78 is 11.3. The molecule has 0 spiro atoms. The number of nitrogens with one attached hydrogen (secondary N) is 2. The van der Waals surface area contributed by atoms with Crippen molar-refractivity contribution in [3.05, 3.63) is 30.1 Å². The Labute approximate surface area is 118 Å². The third-order valence-corrected chi connectivity index (χ3v) is 2.64. The summed E-state index contributed by atoms with van der Waals surface area (Å²) in [5.41, 5.74) is 1.09. The van der Waals surface area contributed by atoms with E-state index in [0.29, 0.717) is 25.7 Å². The molecule has 0 unspecified atom stereocenters. The second-order valence-corrected chi connectivity index (χ2v) is 4.25. The molecule has 0 radical (unpaired) electrons. The second kappa shape index (κ2) is 7.37. The van der Waals surface area contributed by atoms with Crippen LogP contribution in [0.25, 0.3) is 0 Å². The largest absolute Gasteiger partial charge is 0.490 e. The lowest BCUT2D eigenvalue weighted by atomic mass is 10.2. The molecule has 1 aromatic heterocycles. The van der Waals surface area contributed by atoms with Crippen molar-refractivity contribution in [3.8, 4) is 11.5 Å². The Morgan fingerprint density at radius 1 is 1.20 bits per heavy atom. The number of H-pyrrole nitrogens is 1. The van der Waals surface area contributed by atoms with Crippen molar-refractivity contribution < 1.29 is 9.47 Å². The molecule has 0 aliphatic carbocycles. The van der Waals surface area contributed by atoms with E-state index in [4.69, 9.17) is 9.47 Å². The van der Waals surface area contributed by atoms with Crippen molar-refractivity contribution in [2.45, 2.75) is 26.8 Å². The van der Waals surface area contributed by atoms with Crippen molar-refractivity contribution in [2.75, 3.05) is 18.5 Å². The summed E-state index contributed by atoms with van der Waals surface area (Å²) in [6, 6.07) is 5.94. The highest BCUT2D eigenvalue weighted by molar-refractivity contribution is 5.43. The smallest absolute Gasteiger partial charge is 0.218 e. The minimum atomic E-state index is 0.613. The van der Waals surface area contributed by atoms with E-state index in [-0.39, 0.29) is 0 Å². The lowest BCUT2D eigenvalue weighted by Gasteiger charge is -2.13. The molecular weight excluding hydrogens is 256 g/mol. The van der Waals surface area contributed by atoms with E-state index in [1.807, 2.05) is 25.1 Å². The van der Waals surface area contributed by atoms with E-state index in [1.54, 1.807) is 0 Å². The summed E-state index contributed by atoms with van der Waals surface area (Å²) in [7, 11) is 0. The monoisotopic (exact) mass is 276 g/mol. The minimum absolute atomic E-state index is 0.613. The van der Waals surface area contributed by atoms with Gasteiger partial charge in [0.2, 0.25) is 5.95 Å². The van der Waals surface area contributed by atoms with Gasteiger partial charge in [-0.3, -0.25) is 0 Å². The lowest BCUT2D eigenvalue weighted by Crippen LogP contribution is -2.04. The quantitative estimate of drug-likeness (QED) is 0.775. The summed E-state index contributed by atoms with van der Waals surface area (Å²) >= 11 is 0. The maximum atomic E-state index is 5.67. The molecule has 0 aliphatic rings. The number of nitrogens with zero attached hydrogens (tertiary/aromatic N) is 2. The molecule has 0 amide bonds. The first-order valence-electron chi connectivity index (χ1n) is 6.81. The first kappa shape index (κ1) is 14.2. The second-order valence-electron chi connectivity index (χ2n) is 4.25. The van der Waals surface area contributed by atoms with Gasteiger partial charge in [-0.05, 0) is 31.0 Å². The topological polar surface area (TPSA) is 72.1 Å². The number of rotatable bonds is 8. The zero-order valence-electron chi connectivity index (χ0n) is 11.8. The van der Waals surface area contributed by atoms with Gasteiger partial charge in [-0.25, -0.2) is 10.1 Å². The molecule has 108 valence electrons. The summed E-state index contributed by atoms with van der Waals surface area (Å²) in [5.74, 6) is 2.21. The molecule has 0 saturated heterocycles. The highest BCUT2D eigenvalue weighted by Crippen LogP contribution is 2.28. The molecule has 1 heterocycles. The Bertz CT molecular complexity index is 514. The Morgan fingerprint density at radius 2 is 2.10 bits per heavy atom. The fourth-order valence-electron chi connectivity index (χ4n) is 1.74. The highest BCUT2D eigenvalue weighted by Gasteiger charge is 2.06. The maximum absolute atomic E-state index is 5.67. The number of ether oxygens (including phenoxy) is 2. The molecule has 2 aromatic rings. The molecule has 0 bridgehead atoms. The Kier molecular flexibility index (Phi) is 5.23. The van der Waals surface area contributed by atoms with E-state index in [2.05, 4.69) is 27.4 Å². The van der Waals surface area contributed by atoms with Gasteiger partial charge >= 0.3 is 0 Å². The number of hydrogen-bond donors (Lipinski definition) is 2. The normalized spacial score (nSPS) is 10.3. The molecule has 20 heavy (non-hydrogen) atoms. The van der Waals surface area contributed by atoms with Gasteiger partial charge in [-0.15, -0.1) is 0 Å². The molecule has 0 atom stereocenters. The predicted octanol–water partition coefficient (Wildman–Crippen LogP) is 2.60. The van der Waals surface area contributed by atoms with E-state index in [0.717, 1.165) is 23.5 Å². The zero-order chi connectivity index (χ0) is 14.2. The van der Waals surface area contributed by atoms with Crippen molar-refractivity contribution in [3.63, 3.8) is 0 Å². The Balaban J connectivity index is 2.04. The first-order valence-corrected chi connectivity index (χ1v) is 6.81. The molecule has 6 heteroatoms. The Morgan fingerprint density at radius 3 is 2.80 bits per heavy atom. The van der Waals surface area contributed by atoms with E-state index < -0.39 is 0 Å². The average Bonchev–Trinajstić information content (AvgIpc) is 2.98. The van der Waals surface area contributed by atoms with E-state index in [9.17, 15) is 0 Å². The zero-order valence-corrected chi connectivity index (χ0v) is 11.8. The number of aromatic amines is 1. The van der Waals surface area contributed by atoms with Crippen LogP contribution in [-0.2, 0) is 6.54 Å². The molecule has 2 rings (SSSR count). The fourth-order valence-corrected chi connectivity index (χ4v) is 1.74. The number of benzene rings is 1. The summed E-state index contributed by atoms with van der Waals surface area (Å²) in [6.07, 6.45) is 2.44. The lowest BCUT2D eigenvalue weighted by molar-refractivity contribution is 0.276. The van der Waals surface area contributed by atoms with Crippen LogP contribution in [0.4, 0.5) is 5.95 Å². The summed E-state index contributed by atoms with van der Waals surface area (Å²) in [6.45, 7) is 5.99. The number of aromatic nitrogens is 3. The van der Waals surface area contributed by atoms with Gasteiger partial charge in [-0.2, -0.15) is 5.10 Å². The summed E-state index contributed by atoms with van der Waals surface area (Å²) in [5, 5.41) is 9.69. The van der Waals surface area contributed by atoms with Crippen LogP contribution in [0.15, 0.2) is 24.5 Å². The van der Waals surface area contributed by atoms with Crippen LogP contribution < -0.4 is 14.8 Å². The van der Waals surface area contributed by atoms with Crippen LogP contribution in [-0.4, -0.2) is 28.4 Å². The summed E-state index contributed by atoms with van der Waals surface area (Å²) in [4.78, 5) is 4.01. The highest BCUT2D eigenvalue weighted by atomic mass is 16.5. The van der Waals surface area contributed by atoms with Crippen LogP contribution in [0, 0.1) is 0 Å². The SMILES string of the molecule is CCCOc1ccc(CNc2ncn[nH]2)cc1OCC. The van der Waals surface area contributed by atoms with Crippen LogP contribution in [0.2, 0.25) is 0 Å². The van der Waals surface area contributed by atoms with Gasteiger partial charge in [0.1, 0.15) is 6.33 Å². The van der Waals surface area contributed by atoms with Crippen molar-refractivity contribution in [1.82, 2.24) is 15.2 Å². The predicted molar refractivity (Wildman–Crippen MR) is 77.1 cm³/mol. The van der Waals surface area contributed by atoms with Gasteiger partial charge in [0, 0.05) is 6.54 Å². The molecule has 6 nitrogen and oxygen atoms in total. The molecule has 2 N–H and O–H groups in total. The first-order chi connectivity index (χ1) is 9.83. The maximum Gasteiger partial charge on any atom is 0.218 e. The van der Waals surface area contributed by atoms with Gasteiger partial charge < -0.3 is 14.8 Å². The fraction of sp³-hybridized carbons (Fsp3) is 0.429. The third-order valence-electron chi connectivity index (χ3n) is 2.64. The van der Waals surface area contributed by atoms with Gasteiger partial charge in [-0.1, -0.05) is 13.0 Å². The van der Waals surface area contributed by atoms with E-state index >= 15 is 0 Å².